The quantitative estimate of drug-likeness (QED) is 0.852. The Labute approximate surface area is 147 Å². The average molecular weight is 347 g/mol. The zero-order valence-electron chi connectivity index (χ0n) is 14.9. The van der Waals surface area contributed by atoms with Crippen LogP contribution >= 0.6 is 0 Å². The van der Waals surface area contributed by atoms with Crippen LogP contribution in [0.4, 0.5) is 5.69 Å². The fourth-order valence-corrected chi connectivity index (χ4v) is 3.38. The van der Waals surface area contributed by atoms with E-state index in [-0.39, 0.29) is 11.8 Å². The maximum absolute atomic E-state index is 12.6. The SMILES string of the molecule is CC(=O)Nc1ccc(C(=O)N2CCC(CC(C)C)(C(=O)O)CC2)nc1. The first-order chi connectivity index (χ1) is 11.7. The van der Waals surface area contributed by atoms with E-state index in [1.807, 2.05) is 13.8 Å². The van der Waals surface area contributed by atoms with E-state index in [1.165, 1.54) is 13.1 Å². The third-order valence-corrected chi connectivity index (χ3v) is 4.56. The third kappa shape index (κ3) is 4.55. The number of carboxylic acid groups (broad SMARTS) is 1. The molecule has 0 aliphatic carbocycles. The number of carbonyl (C=O) groups is 3. The molecule has 1 fully saturated rings. The second kappa shape index (κ2) is 7.63. The molecule has 136 valence electrons. The predicted octanol–water partition coefficient (Wildman–Crippen LogP) is 2.39. The maximum atomic E-state index is 12.6. The monoisotopic (exact) mass is 347 g/mol. The molecular formula is C18H25N3O4. The van der Waals surface area contributed by atoms with Crippen molar-refractivity contribution in [3.8, 4) is 0 Å². The number of amides is 2. The molecular weight excluding hydrogens is 322 g/mol. The number of carbonyl (C=O) groups excluding carboxylic acids is 2. The van der Waals surface area contributed by atoms with Crippen molar-refractivity contribution in [1.29, 1.82) is 0 Å². The van der Waals surface area contributed by atoms with Crippen LogP contribution in [0.1, 0.15) is 50.5 Å². The zero-order valence-corrected chi connectivity index (χ0v) is 14.9. The molecule has 0 aromatic carbocycles. The smallest absolute Gasteiger partial charge is 0.309 e. The maximum Gasteiger partial charge on any atom is 0.309 e. The number of nitrogens with zero attached hydrogens (tertiary/aromatic N) is 2. The summed E-state index contributed by atoms with van der Waals surface area (Å²) in [5, 5.41) is 12.2. The number of hydrogen-bond donors (Lipinski definition) is 2. The highest BCUT2D eigenvalue weighted by Crippen LogP contribution is 2.38. The van der Waals surface area contributed by atoms with Gasteiger partial charge in [0.1, 0.15) is 5.69 Å². The largest absolute Gasteiger partial charge is 0.481 e. The van der Waals surface area contributed by atoms with Crippen LogP contribution in [0.2, 0.25) is 0 Å². The van der Waals surface area contributed by atoms with Crippen LogP contribution in [0.5, 0.6) is 0 Å². The van der Waals surface area contributed by atoms with Crippen molar-refractivity contribution < 1.29 is 19.5 Å². The number of aromatic nitrogens is 1. The molecule has 2 N–H and O–H groups in total. The van der Waals surface area contributed by atoms with E-state index in [0.717, 1.165) is 0 Å². The van der Waals surface area contributed by atoms with Crippen molar-refractivity contribution >= 4 is 23.5 Å². The minimum atomic E-state index is -0.772. The first-order valence-corrected chi connectivity index (χ1v) is 8.50. The number of rotatable bonds is 5. The molecule has 2 rings (SSSR count). The van der Waals surface area contributed by atoms with Gasteiger partial charge in [-0.2, -0.15) is 0 Å². The number of hydrogen-bond acceptors (Lipinski definition) is 4. The molecule has 2 amide bonds. The molecule has 0 radical (unpaired) electrons. The van der Waals surface area contributed by atoms with Crippen molar-refractivity contribution in [3.63, 3.8) is 0 Å². The van der Waals surface area contributed by atoms with Crippen molar-refractivity contribution in [2.45, 2.75) is 40.0 Å². The van der Waals surface area contributed by atoms with Crippen LogP contribution in [0.25, 0.3) is 0 Å². The minimum Gasteiger partial charge on any atom is -0.481 e. The van der Waals surface area contributed by atoms with Gasteiger partial charge in [-0.1, -0.05) is 13.8 Å². The number of nitrogens with one attached hydrogen (secondary N) is 1. The Bertz CT molecular complexity index is 647. The lowest BCUT2D eigenvalue weighted by atomic mass is 9.72. The summed E-state index contributed by atoms with van der Waals surface area (Å²) in [5.74, 6) is -0.891. The normalized spacial score (nSPS) is 16.6. The lowest BCUT2D eigenvalue weighted by Gasteiger charge is -2.39. The second-order valence-corrected chi connectivity index (χ2v) is 7.09. The molecule has 1 aromatic rings. The Balaban J connectivity index is 2.03. The van der Waals surface area contributed by atoms with Gasteiger partial charge in [-0.25, -0.2) is 4.98 Å². The van der Waals surface area contributed by atoms with Gasteiger partial charge in [-0.15, -0.1) is 0 Å². The summed E-state index contributed by atoms with van der Waals surface area (Å²) in [6.07, 6.45) is 2.97. The standard InChI is InChI=1S/C18H25N3O4/c1-12(2)10-18(17(24)25)6-8-21(9-7-18)16(23)15-5-4-14(11-19-15)20-13(3)22/h4-5,11-12H,6-10H2,1-3H3,(H,20,22)(H,24,25). The van der Waals surface area contributed by atoms with Gasteiger partial charge >= 0.3 is 5.97 Å². The van der Waals surface area contributed by atoms with Crippen molar-refractivity contribution in [1.82, 2.24) is 9.88 Å². The summed E-state index contributed by atoms with van der Waals surface area (Å²) in [5.41, 5.74) is 0.0819. The van der Waals surface area contributed by atoms with Crippen molar-refractivity contribution in [3.05, 3.63) is 24.0 Å². The summed E-state index contributed by atoms with van der Waals surface area (Å²) in [7, 11) is 0. The highest BCUT2D eigenvalue weighted by Gasteiger charge is 2.42. The molecule has 0 unspecified atom stereocenters. The van der Waals surface area contributed by atoms with Crippen LogP contribution < -0.4 is 5.32 Å². The molecule has 1 aliphatic heterocycles. The third-order valence-electron chi connectivity index (χ3n) is 4.56. The van der Waals surface area contributed by atoms with Gasteiger partial charge < -0.3 is 15.3 Å². The van der Waals surface area contributed by atoms with E-state index in [4.69, 9.17) is 0 Å². The van der Waals surface area contributed by atoms with Gasteiger partial charge in [0.15, 0.2) is 0 Å². The molecule has 1 aliphatic rings. The molecule has 0 bridgehead atoms. The zero-order chi connectivity index (χ0) is 18.6. The van der Waals surface area contributed by atoms with E-state index in [9.17, 15) is 19.5 Å². The fraction of sp³-hybridized carbons (Fsp3) is 0.556. The Hall–Kier alpha value is -2.44. The molecule has 1 saturated heterocycles. The molecule has 2 heterocycles. The van der Waals surface area contributed by atoms with E-state index in [1.54, 1.807) is 17.0 Å². The lowest BCUT2D eigenvalue weighted by Crippen LogP contribution is -2.47. The topological polar surface area (TPSA) is 99.6 Å². The molecule has 0 atom stereocenters. The summed E-state index contributed by atoms with van der Waals surface area (Å²) < 4.78 is 0. The van der Waals surface area contributed by atoms with Crippen LogP contribution in [0, 0.1) is 11.3 Å². The summed E-state index contributed by atoms with van der Waals surface area (Å²) in [6, 6.07) is 3.20. The Kier molecular flexibility index (Phi) is 5.77. The van der Waals surface area contributed by atoms with E-state index < -0.39 is 11.4 Å². The number of piperidine rings is 1. The van der Waals surface area contributed by atoms with Gasteiger partial charge in [0.2, 0.25) is 5.91 Å². The van der Waals surface area contributed by atoms with Crippen LogP contribution in [-0.2, 0) is 9.59 Å². The van der Waals surface area contributed by atoms with Crippen molar-refractivity contribution in [2.75, 3.05) is 18.4 Å². The van der Waals surface area contributed by atoms with Gasteiger partial charge in [0.25, 0.3) is 5.91 Å². The number of carboxylic acids is 1. The number of anilines is 1. The van der Waals surface area contributed by atoms with Crippen LogP contribution in [-0.4, -0.2) is 45.9 Å². The Morgan fingerprint density at radius 2 is 1.92 bits per heavy atom. The highest BCUT2D eigenvalue weighted by molar-refractivity contribution is 5.93. The van der Waals surface area contributed by atoms with E-state index >= 15 is 0 Å². The van der Waals surface area contributed by atoms with Crippen LogP contribution in [0.15, 0.2) is 18.3 Å². The first-order valence-electron chi connectivity index (χ1n) is 8.50. The number of pyridine rings is 1. The molecule has 7 heteroatoms. The Morgan fingerprint density at radius 3 is 2.36 bits per heavy atom. The van der Waals surface area contributed by atoms with Gasteiger partial charge in [-0.3, -0.25) is 14.4 Å². The Morgan fingerprint density at radius 1 is 1.28 bits per heavy atom. The predicted molar refractivity (Wildman–Crippen MR) is 93.2 cm³/mol. The molecule has 0 spiro atoms. The first kappa shape index (κ1) is 18.9. The number of aliphatic carboxylic acids is 1. The summed E-state index contributed by atoms with van der Waals surface area (Å²) >= 11 is 0. The number of likely N-dealkylation sites (tertiary alicyclic amines) is 1. The second-order valence-electron chi connectivity index (χ2n) is 7.09. The van der Waals surface area contributed by atoms with Gasteiger partial charge in [0.05, 0.1) is 17.3 Å². The summed E-state index contributed by atoms with van der Waals surface area (Å²) in [6.45, 7) is 6.25. The fourth-order valence-electron chi connectivity index (χ4n) is 3.38. The van der Waals surface area contributed by atoms with Gasteiger partial charge in [0, 0.05) is 20.0 Å². The molecule has 7 nitrogen and oxygen atoms in total. The molecule has 0 saturated carbocycles. The molecule has 1 aromatic heterocycles. The van der Waals surface area contributed by atoms with Gasteiger partial charge in [-0.05, 0) is 37.3 Å². The lowest BCUT2D eigenvalue weighted by molar-refractivity contribution is -0.153. The molecule has 25 heavy (non-hydrogen) atoms. The van der Waals surface area contributed by atoms with E-state index in [2.05, 4.69) is 10.3 Å². The summed E-state index contributed by atoms with van der Waals surface area (Å²) in [4.78, 5) is 41.1. The van der Waals surface area contributed by atoms with Crippen LogP contribution in [0.3, 0.4) is 0 Å². The highest BCUT2D eigenvalue weighted by atomic mass is 16.4. The van der Waals surface area contributed by atoms with Crippen molar-refractivity contribution in [2.24, 2.45) is 11.3 Å². The minimum absolute atomic E-state index is 0.202. The average Bonchev–Trinajstić information content (AvgIpc) is 2.54. The van der Waals surface area contributed by atoms with E-state index in [0.29, 0.717) is 49.7 Å².